The van der Waals surface area contributed by atoms with Crippen LogP contribution >= 0.6 is 39.7 Å². The number of benzene rings is 2. The van der Waals surface area contributed by atoms with Gasteiger partial charge >= 0.3 is 0 Å². The lowest BCUT2D eigenvalue weighted by Gasteiger charge is -2.07. The Hall–Kier alpha value is -1.96. The topological polar surface area (TPSA) is 73.7 Å². The number of amides is 1. The Morgan fingerprint density at radius 1 is 1.33 bits per heavy atom. The van der Waals surface area contributed by atoms with Gasteiger partial charge in [-0.05, 0) is 64.5 Å². The maximum Gasteiger partial charge on any atom is 0.222 e. The second-order valence-corrected chi connectivity index (χ2v) is 6.46. The van der Waals surface area contributed by atoms with Gasteiger partial charge in [-0.1, -0.05) is 11.6 Å². The number of nitrogens with one attached hydrogen (secondary N) is 2. The molecule has 0 saturated carbocycles. The van der Waals surface area contributed by atoms with Crippen molar-refractivity contribution in [2.45, 2.75) is 6.92 Å². The van der Waals surface area contributed by atoms with Gasteiger partial charge in [0.25, 0.3) is 0 Å². The molecule has 0 spiro atoms. The lowest BCUT2D eigenvalue weighted by Crippen LogP contribution is -2.32. The Bertz CT molecular complexity index is 810. The SMILES string of the molecule is CC(=O)NC(=S)Nc1ccc(N=Cc2cc(Cl)cc(Br)c2O)cc1. The zero-order valence-corrected chi connectivity index (χ0v) is 15.7. The minimum Gasteiger partial charge on any atom is -0.506 e. The number of anilines is 1. The summed E-state index contributed by atoms with van der Waals surface area (Å²) in [7, 11) is 0. The molecular formula is C16H13BrClN3O2S. The fraction of sp³-hybridized carbons (Fsp3) is 0.0625. The number of hydrogen-bond acceptors (Lipinski definition) is 4. The molecule has 0 unspecified atom stereocenters. The van der Waals surface area contributed by atoms with Crippen LogP contribution in [0.3, 0.4) is 0 Å². The van der Waals surface area contributed by atoms with Gasteiger partial charge in [-0.15, -0.1) is 0 Å². The normalized spacial score (nSPS) is 10.6. The van der Waals surface area contributed by atoms with E-state index < -0.39 is 0 Å². The number of thiocarbonyl (C=S) groups is 1. The maximum absolute atomic E-state index is 10.9. The van der Waals surface area contributed by atoms with E-state index >= 15 is 0 Å². The first-order valence-corrected chi connectivity index (χ1v) is 8.34. The average molecular weight is 427 g/mol. The maximum atomic E-state index is 10.9. The first-order chi connectivity index (χ1) is 11.3. The van der Waals surface area contributed by atoms with Crippen LogP contribution in [0.5, 0.6) is 5.75 Å². The highest BCUT2D eigenvalue weighted by molar-refractivity contribution is 9.10. The number of carbonyl (C=O) groups excluding carboxylic acids is 1. The zero-order chi connectivity index (χ0) is 17.7. The van der Waals surface area contributed by atoms with E-state index in [1.165, 1.54) is 13.1 Å². The van der Waals surface area contributed by atoms with Crippen molar-refractivity contribution in [2.75, 3.05) is 5.32 Å². The van der Waals surface area contributed by atoms with E-state index in [1.807, 2.05) is 0 Å². The number of hydrogen-bond donors (Lipinski definition) is 3. The molecule has 0 atom stereocenters. The summed E-state index contributed by atoms with van der Waals surface area (Å²) < 4.78 is 0.502. The summed E-state index contributed by atoms with van der Waals surface area (Å²) >= 11 is 14.2. The summed E-state index contributed by atoms with van der Waals surface area (Å²) in [5.41, 5.74) is 1.91. The number of phenolic OH excluding ortho intramolecular Hbond substituents is 1. The van der Waals surface area contributed by atoms with Crippen LogP contribution in [0.4, 0.5) is 11.4 Å². The largest absolute Gasteiger partial charge is 0.506 e. The molecule has 8 heteroatoms. The predicted molar refractivity (Wildman–Crippen MR) is 105 cm³/mol. The molecule has 0 radical (unpaired) electrons. The van der Waals surface area contributed by atoms with Gasteiger partial charge in [0.15, 0.2) is 5.11 Å². The third kappa shape index (κ3) is 5.30. The van der Waals surface area contributed by atoms with Crippen molar-refractivity contribution >= 4 is 68.4 Å². The molecule has 0 aliphatic carbocycles. The molecule has 0 bridgehead atoms. The van der Waals surface area contributed by atoms with E-state index in [0.717, 1.165) is 5.69 Å². The third-order valence-electron chi connectivity index (χ3n) is 2.83. The lowest BCUT2D eigenvalue weighted by atomic mass is 10.2. The Labute approximate surface area is 157 Å². The van der Waals surface area contributed by atoms with Crippen molar-refractivity contribution in [2.24, 2.45) is 4.99 Å². The summed E-state index contributed by atoms with van der Waals surface area (Å²) in [6.45, 7) is 1.38. The van der Waals surface area contributed by atoms with Gasteiger partial charge < -0.3 is 15.7 Å². The predicted octanol–water partition coefficient (Wildman–Crippen LogP) is 4.39. The number of halogens is 2. The quantitative estimate of drug-likeness (QED) is 0.503. The molecular weight excluding hydrogens is 414 g/mol. The van der Waals surface area contributed by atoms with Crippen LogP contribution in [0, 0.1) is 0 Å². The number of phenols is 1. The molecule has 1 amide bonds. The van der Waals surface area contributed by atoms with Crippen LogP contribution in [0.1, 0.15) is 12.5 Å². The molecule has 0 fully saturated rings. The van der Waals surface area contributed by atoms with E-state index in [9.17, 15) is 9.90 Å². The molecule has 2 aromatic carbocycles. The molecule has 2 rings (SSSR count). The van der Waals surface area contributed by atoms with E-state index in [2.05, 4.69) is 31.6 Å². The molecule has 5 nitrogen and oxygen atoms in total. The van der Waals surface area contributed by atoms with E-state index in [4.69, 9.17) is 23.8 Å². The van der Waals surface area contributed by atoms with E-state index in [-0.39, 0.29) is 16.8 Å². The van der Waals surface area contributed by atoms with Gasteiger partial charge in [-0.2, -0.15) is 0 Å². The minimum atomic E-state index is -0.235. The summed E-state index contributed by atoms with van der Waals surface area (Å²) in [6, 6.07) is 10.3. The molecule has 3 N–H and O–H groups in total. The Morgan fingerprint density at radius 2 is 2.00 bits per heavy atom. The van der Waals surface area contributed by atoms with Gasteiger partial charge in [-0.3, -0.25) is 9.79 Å². The lowest BCUT2D eigenvalue weighted by molar-refractivity contribution is -0.117. The van der Waals surface area contributed by atoms with Crippen molar-refractivity contribution in [3.05, 3.63) is 51.5 Å². The van der Waals surface area contributed by atoms with Gasteiger partial charge in [0.05, 0.1) is 10.2 Å². The molecule has 2 aromatic rings. The number of aromatic hydroxyl groups is 1. The van der Waals surface area contributed by atoms with Crippen molar-refractivity contribution in [3.8, 4) is 5.75 Å². The molecule has 0 heterocycles. The standard InChI is InChI=1S/C16H13BrClN3O2S/c1-9(22)20-16(24)21-13-4-2-12(3-5-13)19-8-10-6-11(18)7-14(17)15(10)23/h2-8,23H,1H3,(H2,20,21,22,24). The second-order valence-electron chi connectivity index (χ2n) is 4.77. The monoisotopic (exact) mass is 425 g/mol. The third-order valence-corrected chi connectivity index (χ3v) is 3.85. The summed E-state index contributed by atoms with van der Waals surface area (Å²) in [5, 5.41) is 16.0. The fourth-order valence-electron chi connectivity index (χ4n) is 1.78. The summed E-state index contributed by atoms with van der Waals surface area (Å²) in [5.74, 6) is -0.164. The van der Waals surface area contributed by atoms with Crippen molar-refractivity contribution in [3.63, 3.8) is 0 Å². The minimum absolute atomic E-state index is 0.0714. The molecule has 0 aliphatic heterocycles. The summed E-state index contributed by atoms with van der Waals surface area (Å²) in [4.78, 5) is 15.2. The van der Waals surface area contributed by atoms with Crippen molar-refractivity contribution < 1.29 is 9.90 Å². The number of nitrogens with zero attached hydrogens (tertiary/aromatic N) is 1. The van der Waals surface area contributed by atoms with Crippen LogP contribution < -0.4 is 10.6 Å². The number of rotatable bonds is 3. The second kappa shape index (κ2) is 8.23. The van der Waals surface area contributed by atoms with Crippen LogP contribution in [0.2, 0.25) is 5.02 Å². The highest BCUT2D eigenvalue weighted by Crippen LogP contribution is 2.30. The van der Waals surface area contributed by atoms with Crippen molar-refractivity contribution in [1.82, 2.24) is 5.32 Å². The van der Waals surface area contributed by atoms with Gasteiger partial charge in [0, 0.05) is 29.4 Å². The smallest absolute Gasteiger partial charge is 0.222 e. The van der Waals surface area contributed by atoms with E-state index in [0.29, 0.717) is 20.7 Å². The molecule has 0 aliphatic rings. The Morgan fingerprint density at radius 3 is 2.62 bits per heavy atom. The van der Waals surface area contributed by atoms with Crippen LogP contribution in [0.15, 0.2) is 45.9 Å². The first kappa shape index (κ1) is 18.4. The zero-order valence-electron chi connectivity index (χ0n) is 12.5. The number of carbonyl (C=O) groups is 1. The first-order valence-electron chi connectivity index (χ1n) is 6.76. The van der Waals surface area contributed by atoms with Crippen LogP contribution in [0.25, 0.3) is 0 Å². The molecule has 24 heavy (non-hydrogen) atoms. The van der Waals surface area contributed by atoms with Crippen LogP contribution in [-0.4, -0.2) is 22.3 Å². The van der Waals surface area contributed by atoms with Gasteiger partial charge in [-0.25, -0.2) is 0 Å². The van der Waals surface area contributed by atoms with Gasteiger partial charge in [0.2, 0.25) is 5.91 Å². The van der Waals surface area contributed by atoms with Crippen LogP contribution in [-0.2, 0) is 4.79 Å². The van der Waals surface area contributed by atoms with E-state index in [1.54, 1.807) is 36.4 Å². The Balaban J connectivity index is 2.09. The highest BCUT2D eigenvalue weighted by Gasteiger charge is 2.05. The van der Waals surface area contributed by atoms with Crippen molar-refractivity contribution in [1.29, 1.82) is 0 Å². The Kier molecular flexibility index (Phi) is 6.30. The average Bonchev–Trinajstić information content (AvgIpc) is 2.50. The molecule has 124 valence electrons. The summed E-state index contributed by atoms with van der Waals surface area (Å²) in [6.07, 6.45) is 1.52. The number of aliphatic imine (C=N–C) groups is 1. The fourth-order valence-corrected chi connectivity index (χ4v) is 2.88. The molecule has 0 saturated heterocycles. The molecule has 0 aromatic heterocycles. The highest BCUT2D eigenvalue weighted by atomic mass is 79.9. The van der Waals surface area contributed by atoms with Gasteiger partial charge in [0.1, 0.15) is 5.75 Å².